The monoisotopic (exact) mass is 443 g/mol. The van der Waals surface area contributed by atoms with Crippen LogP contribution in [0.25, 0.3) is 0 Å². The van der Waals surface area contributed by atoms with Gasteiger partial charge in [0.05, 0.1) is 0 Å². The average Bonchev–Trinajstić information content (AvgIpc) is 2.74. The van der Waals surface area contributed by atoms with E-state index in [9.17, 15) is 9.59 Å². The zero-order valence-electron chi connectivity index (χ0n) is 18.6. The van der Waals surface area contributed by atoms with Crippen molar-refractivity contribution in [1.82, 2.24) is 4.90 Å². The molecule has 1 heterocycles. The molecule has 6 nitrogen and oxygen atoms in total. The number of nitrogens with zero attached hydrogens (tertiary/aromatic N) is 2. The third-order valence-corrected chi connectivity index (χ3v) is 5.65. The number of halogens is 1. The molecule has 0 radical (unpaired) electrons. The first-order valence-corrected chi connectivity index (χ1v) is 10.8. The van der Waals surface area contributed by atoms with Gasteiger partial charge in [0.1, 0.15) is 5.75 Å². The first-order chi connectivity index (χ1) is 14.6. The highest BCUT2D eigenvalue weighted by Gasteiger charge is 2.29. The molecular weight excluding hydrogens is 414 g/mol. The molecular formula is C24H30ClN3O3. The molecule has 0 saturated carbocycles. The Kier molecular flexibility index (Phi) is 7.11. The van der Waals surface area contributed by atoms with Crippen molar-refractivity contribution in [3.63, 3.8) is 0 Å². The smallest absolute Gasteiger partial charge is 0.262 e. The molecule has 0 unspecified atom stereocenters. The molecule has 0 bridgehead atoms. The summed E-state index contributed by atoms with van der Waals surface area (Å²) >= 11 is 6.00. The molecule has 1 N–H and O–H groups in total. The molecule has 2 aromatic carbocycles. The van der Waals surface area contributed by atoms with Gasteiger partial charge in [0, 0.05) is 48.0 Å². The van der Waals surface area contributed by atoms with Crippen LogP contribution in [0, 0.1) is 12.3 Å². The van der Waals surface area contributed by atoms with Crippen LogP contribution in [-0.4, -0.2) is 49.5 Å². The lowest BCUT2D eigenvalue weighted by Crippen LogP contribution is -2.51. The number of aryl methyl sites for hydroxylation is 1. The third-order valence-electron chi connectivity index (χ3n) is 5.22. The molecule has 1 fully saturated rings. The Labute approximate surface area is 189 Å². The predicted molar refractivity (Wildman–Crippen MR) is 125 cm³/mol. The van der Waals surface area contributed by atoms with Gasteiger partial charge >= 0.3 is 0 Å². The Balaban J connectivity index is 1.48. The van der Waals surface area contributed by atoms with Gasteiger partial charge in [0.15, 0.2) is 6.61 Å². The number of anilines is 2. The maximum atomic E-state index is 12.4. The average molecular weight is 444 g/mol. The topological polar surface area (TPSA) is 61.9 Å². The fourth-order valence-corrected chi connectivity index (χ4v) is 3.57. The lowest BCUT2D eigenvalue weighted by molar-refractivity contribution is -0.139. The number of benzene rings is 2. The normalized spacial score (nSPS) is 14.4. The summed E-state index contributed by atoms with van der Waals surface area (Å²) in [5, 5.41) is 3.51. The number of piperazine rings is 1. The van der Waals surface area contributed by atoms with Gasteiger partial charge < -0.3 is 19.9 Å². The molecule has 0 spiro atoms. The molecule has 3 rings (SSSR count). The number of hydrogen-bond donors (Lipinski definition) is 1. The quantitative estimate of drug-likeness (QED) is 0.745. The SMILES string of the molecule is Cc1cc(OCC(=O)Nc2ccc(N3CCN(C(=O)C(C)(C)C)CC3)cc2)ccc1Cl. The Morgan fingerprint density at radius 1 is 1.03 bits per heavy atom. The van der Waals surface area contributed by atoms with Crippen molar-refractivity contribution in [3.8, 4) is 5.75 Å². The van der Waals surface area contributed by atoms with Gasteiger partial charge in [-0.1, -0.05) is 32.4 Å². The van der Waals surface area contributed by atoms with E-state index in [0.717, 1.165) is 37.4 Å². The molecule has 1 aliphatic heterocycles. The molecule has 0 aromatic heterocycles. The van der Waals surface area contributed by atoms with E-state index in [2.05, 4.69) is 10.2 Å². The first kappa shape index (κ1) is 22.9. The summed E-state index contributed by atoms with van der Waals surface area (Å²) in [6.45, 7) is 10.7. The molecule has 0 aliphatic carbocycles. The van der Waals surface area contributed by atoms with Gasteiger partial charge in [-0.05, 0) is 55.0 Å². The number of nitrogens with one attached hydrogen (secondary N) is 1. The van der Waals surface area contributed by atoms with Crippen LogP contribution in [0.4, 0.5) is 11.4 Å². The van der Waals surface area contributed by atoms with Crippen LogP contribution in [0.3, 0.4) is 0 Å². The predicted octanol–water partition coefficient (Wildman–Crippen LogP) is 4.36. The van der Waals surface area contributed by atoms with Crippen molar-refractivity contribution >= 4 is 34.8 Å². The molecule has 1 saturated heterocycles. The second-order valence-electron chi connectivity index (χ2n) is 8.82. The third kappa shape index (κ3) is 6.14. The van der Waals surface area contributed by atoms with Crippen LogP contribution < -0.4 is 15.0 Å². The summed E-state index contributed by atoms with van der Waals surface area (Å²) in [4.78, 5) is 28.8. The second kappa shape index (κ2) is 9.60. The van der Waals surface area contributed by atoms with E-state index in [1.807, 2.05) is 56.9 Å². The number of ether oxygens (including phenoxy) is 1. The number of hydrogen-bond acceptors (Lipinski definition) is 4. The van der Waals surface area contributed by atoms with E-state index in [4.69, 9.17) is 16.3 Å². The number of carbonyl (C=O) groups excluding carboxylic acids is 2. The summed E-state index contributed by atoms with van der Waals surface area (Å²) < 4.78 is 5.54. The van der Waals surface area contributed by atoms with Crippen LogP contribution in [0.5, 0.6) is 5.75 Å². The fourth-order valence-electron chi connectivity index (χ4n) is 3.45. The van der Waals surface area contributed by atoms with Gasteiger partial charge in [-0.15, -0.1) is 0 Å². The minimum absolute atomic E-state index is 0.0768. The van der Waals surface area contributed by atoms with Crippen LogP contribution in [-0.2, 0) is 9.59 Å². The van der Waals surface area contributed by atoms with Crippen LogP contribution in [0.2, 0.25) is 5.02 Å². The van der Waals surface area contributed by atoms with E-state index in [0.29, 0.717) is 16.5 Å². The molecule has 0 atom stereocenters. The van der Waals surface area contributed by atoms with E-state index in [1.54, 1.807) is 18.2 Å². The molecule has 166 valence electrons. The van der Waals surface area contributed by atoms with Gasteiger partial charge in [-0.25, -0.2) is 0 Å². The van der Waals surface area contributed by atoms with Crippen molar-refractivity contribution < 1.29 is 14.3 Å². The summed E-state index contributed by atoms with van der Waals surface area (Å²) in [7, 11) is 0. The lowest BCUT2D eigenvalue weighted by Gasteiger charge is -2.38. The molecule has 2 aromatic rings. The summed E-state index contributed by atoms with van der Waals surface area (Å²) in [6, 6.07) is 13.0. The van der Waals surface area contributed by atoms with E-state index in [1.165, 1.54) is 0 Å². The van der Waals surface area contributed by atoms with E-state index >= 15 is 0 Å². The Bertz CT molecular complexity index is 930. The molecule has 31 heavy (non-hydrogen) atoms. The standard InChI is InChI=1S/C24H30ClN3O3/c1-17-15-20(9-10-21(17)25)31-16-22(29)26-18-5-7-19(8-6-18)27-11-13-28(14-12-27)23(30)24(2,3)4/h5-10,15H,11-14,16H2,1-4H3,(H,26,29). The van der Waals surface area contributed by atoms with Crippen LogP contribution in [0.15, 0.2) is 42.5 Å². The van der Waals surface area contributed by atoms with Gasteiger partial charge in [0.25, 0.3) is 5.91 Å². The van der Waals surface area contributed by atoms with E-state index < -0.39 is 0 Å². The van der Waals surface area contributed by atoms with Crippen LogP contribution >= 0.6 is 11.6 Å². The number of amides is 2. The summed E-state index contributed by atoms with van der Waals surface area (Å²) in [6.07, 6.45) is 0. The van der Waals surface area contributed by atoms with Crippen molar-refractivity contribution in [2.75, 3.05) is 43.0 Å². The highest BCUT2D eigenvalue weighted by Crippen LogP contribution is 2.23. The second-order valence-corrected chi connectivity index (χ2v) is 9.23. The van der Waals surface area contributed by atoms with Crippen molar-refractivity contribution in [2.45, 2.75) is 27.7 Å². The molecule has 2 amide bonds. The zero-order chi connectivity index (χ0) is 22.6. The Hall–Kier alpha value is -2.73. The van der Waals surface area contributed by atoms with Crippen LogP contribution in [0.1, 0.15) is 26.3 Å². The van der Waals surface area contributed by atoms with Crippen molar-refractivity contribution in [1.29, 1.82) is 0 Å². The maximum Gasteiger partial charge on any atom is 0.262 e. The number of rotatable bonds is 5. The van der Waals surface area contributed by atoms with Crippen molar-refractivity contribution in [2.24, 2.45) is 5.41 Å². The zero-order valence-corrected chi connectivity index (χ0v) is 19.3. The van der Waals surface area contributed by atoms with Gasteiger partial charge in [-0.2, -0.15) is 0 Å². The largest absolute Gasteiger partial charge is 0.484 e. The summed E-state index contributed by atoms with van der Waals surface area (Å²) in [5.74, 6) is 0.576. The van der Waals surface area contributed by atoms with Crippen molar-refractivity contribution in [3.05, 3.63) is 53.1 Å². The lowest BCUT2D eigenvalue weighted by atomic mass is 9.94. The Morgan fingerprint density at radius 3 is 2.26 bits per heavy atom. The molecule has 7 heteroatoms. The minimum atomic E-state index is -0.349. The highest BCUT2D eigenvalue weighted by atomic mass is 35.5. The van der Waals surface area contributed by atoms with Gasteiger partial charge in [0.2, 0.25) is 5.91 Å². The Morgan fingerprint density at radius 2 is 1.68 bits per heavy atom. The minimum Gasteiger partial charge on any atom is -0.484 e. The first-order valence-electron chi connectivity index (χ1n) is 10.5. The summed E-state index contributed by atoms with van der Waals surface area (Å²) in [5.41, 5.74) is 2.34. The highest BCUT2D eigenvalue weighted by molar-refractivity contribution is 6.31. The number of carbonyl (C=O) groups is 2. The molecule has 1 aliphatic rings. The van der Waals surface area contributed by atoms with Gasteiger partial charge in [-0.3, -0.25) is 9.59 Å². The fraction of sp³-hybridized carbons (Fsp3) is 0.417. The maximum absolute atomic E-state index is 12.4. The van der Waals surface area contributed by atoms with E-state index in [-0.39, 0.29) is 23.8 Å².